The molecule has 1 aromatic rings. The van der Waals surface area contributed by atoms with Gasteiger partial charge in [-0.25, -0.2) is 9.97 Å². The molecule has 0 fully saturated rings. The van der Waals surface area contributed by atoms with Gasteiger partial charge in [-0.2, -0.15) is 0 Å². The first-order chi connectivity index (χ1) is 8.17. The molecule has 0 radical (unpaired) electrons. The monoisotopic (exact) mass is 238 g/mol. The summed E-state index contributed by atoms with van der Waals surface area (Å²) in [6.45, 7) is 7.29. The molecule has 0 aliphatic carbocycles. The SMILES string of the molecule is CCNc1cc(NC(CCO)C(C)C)ncn1. The topological polar surface area (TPSA) is 70.1 Å². The van der Waals surface area contributed by atoms with Gasteiger partial charge in [-0.3, -0.25) is 0 Å². The molecule has 0 saturated heterocycles. The Bertz CT molecular complexity index is 330. The van der Waals surface area contributed by atoms with E-state index in [1.165, 1.54) is 6.33 Å². The average molecular weight is 238 g/mol. The van der Waals surface area contributed by atoms with Gasteiger partial charge in [-0.05, 0) is 19.3 Å². The number of rotatable bonds is 7. The van der Waals surface area contributed by atoms with Crippen LogP contribution >= 0.6 is 0 Å². The first-order valence-electron chi connectivity index (χ1n) is 6.10. The van der Waals surface area contributed by atoms with Crippen molar-refractivity contribution in [2.75, 3.05) is 23.8 Å². The van der Waals surface area contributed by atoms with Crippen LogP contribution in [0.4, 0.5) is 11.6 Å². The van der Waals surface area contributed by atoms with E-state index in [9.17, 15) is 0 Å². The Balaban J connectivity index is 2.68. The standard InChI is InChI=1S/C12H22N4O/c1-4-13-11-7-12(15-8-14-11)16-10(5-6-17)9(2)3/h7-10,17H,4-6H2,1-3H3,(H2,13,14,15,16). The second kappa shape index (κ2) is 7.06. The second-order valence-electron chi connectivity index (χ2n) is 4.33. The van der Waals surface area contributed by atoms with Gasteiger partial charge >= 0.3 is 0 Å². The summed E-state index contributed by atoms with van der Waals surface area (Å²) < 4.78 is 0. The van der Waals surface area contributed by atoms with Crippen molar-refractivity contribution in [3.8, 4) is 0 Å². The Hall–Kier alpha value is -1.36. The number of nitrogens with zero attached hydrogens (tertiary/aromatic N) is 2. The quantitative estimate of drug-likeness (QED) is 0.675. The third kappa shape index (κ3) is 4.56. The highest BCUT2D eigenvalue weighted by atomic mass is 16.3. The lowest BCUT2D eigenvalue weighted by Crippen LogP contribution is -2.27. The molecule has 0 amide bonds. The normalized spacial score (nSPS) is 12.5. The fourth-order valence-electron chi connectivity index (χ4n) is 1.62. The maximum Gasteiger partial charge on any atom is 0.131 e. The molecule has 0 spiro atoms. The van der Waals surface area contributed by atoms with Crippen LogP contribution in [0.5, 0.6) is 0 Å². The molecule has 0 saturated carbocycles. The van der Waals surface area contributed by atoms with Crippen LogP contribution in [-0.2, 0) is 0 Å². The second-order valence-corrected chi connectivity index (χ2v) is 4.33. The number of anilines is 2. The van der Waals surface area contributed by atoms with Crippen molar-refractivity contribution in [1.29, 1.82) is 0 Å². The van der Waals surface area contributed by atoms with Crippen LogP contribution < -0.4 is 10.6 Å². The summed E-state index contributed by atoms with van der Waals surface area (Å²) in [5.41, 5.74) is 0. The number of aliphatic hydroxyl groups is 1. The van der Waals surface area contributed by atoms with E-state index >= 15 is 0 Å². The van der Waals surface area contributed by atoms with E-state index in [0.717, 1.165) is 24.6 Å². The Kier molecular flexibility index (Phi) is 5.69. The highest BCUT2D eigenvalue weighted by molar-refractivity contribution is 5.46. The van der Waals surface area contributed by atoms with Crippen LogP contribution in [0.1, 0.15) is 27.2 Å². The predicted octanol–water partition coefficient (Wildman–Crippen LogP) is 1.73. The fourth-order valence-corrected chi connectivity index (χ4v) is 1.62. The maximum absolute atomic E-state index is 9.02. The van der Waals surface area contributed by atoms with Gasteiger partial charge in [-0.15, -0.1) is 0 Å². The highest BCUT2D eigenvalue weighted by Gasteiger charge is 2.13. The first kappa shape index (κ1) is 13.7. The zero-order valence-electron chi connectivity index (χ0n) is 10.8. The molecule has 96 valence electrons. The van der Waals surface area contributed by atoms with Gasteiger partial charge in [-0.1, -0.05) is 13.8 Å². The van der Waals surface area contributed by atoms with Gasteiger partial charge in [0.2, 0.25) is 0 Å². The molecule has 1 aromatic heterocycles. The fraction of sp³-hybridized carbons (Fsp3) is 0.667. The van der Waals surface area contributed by atoms with E-state index < -0.39 is 0 Å². The predicted molar refractivity (Wildman–Crippen MR) is 70.1 cm³/mol. The molecular weight excluding hydrogens is 216 g/mol. The molecule has 0 aliphatic rings. The Labute approximate surface area is 103 Å². The Morgan fingerprint density at radius 2 is 2.00 bits per heavy atom. The van der Waals surface area contributed by atoms with E-state index in [2.05, 4.69) is 34.4 Å². The highest BCUT2D eigenvalue weighted by Crippen LogP contribution is 2.14. The van der Waals surface area contributed by atoms with Crippen molar-refractivity contribution in [2.24, 2.45) is 5.92 Å². The van der Waals surface area contributed by atoms with Gasteiger partial charge in [0.05, 0.1) is 0 Å². The number of nitrogens with one attached hydrogen (secondary N) is 2. The third-order valence-corrected chi connectivity index (χ3v) is 2.60. The van der Waals surface area contributed by atoms with Crippen molar-refractivity contribution in [3.05, 3.63) is 12.4 Å². The maximum atomic E-state index is 9.02. The average Bonchev–Trinajstić information content (AvgIpc) is 2.29. The van der Waals surface area contributed by atoms with Crippen molar-refractivity contribution >= 4 is 11.6 Å². The molecule has 0 aromatic carbocycles. The lowest BCUT2D eigenvalue weighted by Gasteiger charge is -2.22. The van der Waals surface area contributed by atoms with Crippen LogP contribution in [0.25, 0.3) is 0 Å². The first-order valence-corrected chi connectivity index (χ1v) is 6.10. The minimum atomic E-state index is 0.182. The Morgan fingerprint density at radius 1 is 1.29 bits per heavy atom. The minimum Gasteiger partial charge on any atom is -0.396 e. The summed E-state index contributed by atoms with van der Waals surface area (Å²) in [6.07, 6.45) is 2.26. The molecule has 1 unspecified atom stereocenters. The van der Waals surface area contributed by atoms with E-state index in [4.69, 9.17) is 5.11 Å². The summed E-state index contributed by atoms with van der Waals surface area (Å²) in [5, 5.41) is 15.5. The Morgan fingerprint density at radius 3 is 2.59 bits per heavy atom. The lowest BCUT2D eigenvalue weighted by atomic mass is 10.0. The molecule has 3 N–H and O–H groups in total. The molecule has 0 aliphatic heterocycles. The summed E-state index contributed by atoms with van der Waals surface area (Å²) in [7, 11) is 0. The van der Waals surface area contributed by atoms with Gasteiger partial charge in [0.1, 0.15) is 18.0 Å². The van der Waals surface area contributed by atoms with Crippen LogP contribution in [-0.4, -0.2) is 34.3 Å². The largest absolute Gasteiger partial charge is 0.396 e. The zero-order valence-corrected chi connectivity index (χ0v) is 10.8. The summed E-state index contributed by atoms with van der Waals surface area (Å²) in [5.74, 6) is 2.05. The molecule has 5 heteroatoms. The summed E-state index contributed by atoms with van der Waals surface area (Å²) in [6, 6.07) is 2.11. The number of hydrogen-bond donors (Lipinski definition) is 3. The molecule has 1 atom stereocenters. The molecule has 1 rings (SSSR count). The van der Waals surface area contributed by atoms with Gasteiger partial charge in [0.25, 0.3) is 0 Å². The van der Waals surface area contributed by atoms with E-state index in [1.54, 1.807) is 0 Å². The summed E-state index contributed by atoms with van der Waals surface area (Å²) in [4.78, 5) is 8.30. The van der Waals surface area contributed by atoms with E-state index in [-0.39, 0.29) is 12.6 Å². The zero-order chi connectivity index (χ0) is 12.7. The van der Waals surface area contributed by atoms with Gasteiger partial charge in [0, 0.05) is 25.3 Å². The molecular formula is C12H22N4O. The van der Waals surface area contributed by atoms with E-state index in [1.807, 2.05) is 13.0 Å². The van der Waals surface area contributed by atoms with Gasteiger partial charge < -0.3 is 15.7 Å². The van der Waals surface area contributed by atoms with Crippen LogP contribution in [0.3, 0.4) is 0 Å². The molecule has 5 nitrogen and oxygen atoms in total. The van der Waals surface area contributed by atoms with Crippen molar-refractivity contribution in [1.82, 2.24) is 9.97 Å². The minimum absolute atomic E-state index is 0.182. The van der Waals surface area contributed by atoms with Crippen LogP contribution in [0.15, 0.2) is 12.4 Å². The molecule has 0 bridgehead atoms. The summed E-state index contributed by atoms with van der Waals surface area (Å²) >= 11 is 0. The number of aliphatic hydroxyl groups excluding tert-OH is 1. The smallest absolute Gasteiger partial charge is 0.131 e. The van der Waals surface area contributed by atoms with E-state index in [0.29, 0.717) is 5.92 Å². The van der Waals surface area contributed by atoms with Crippen molar-refractivity contribution in [3.63, 3.8) is 0 Å². The van der Waals surface area contributed by atoms with Crippen LogP contribution in [0, 0.1) is 5.92 Å². The van der Waals surface area contributed by atoms with Crippen LogP contribution in [0.2, 0.25) is 0 Å². The lowest BCUT2D eigenvalue weighted by molar-refractivity contribution is 0.267. The third-order valence-electron chi connectivity index (χ3n) is 2.60. The molecule has 17 heavy (non-hydrogen) atoms. The molecule has 1 heterocycles. The number of hydrogen-bond acceptors (Lipinski definition) is 5. The van der Waals surface area contributed by atoms with Crippen molar-refractivity contribution < 1.29 is 5.11 Å². The number of aromatic nitrogens is 2. The van der Waals surface area contributed by atoms with Gasteiger partial charge in [0.15, 0.2) is 0 Å². The van der Waals surface area contributed by atoms with Crippen molar-refractivity contribution in [2.45, 2.75) is 33.2 Å².